The fraction of sp³-hybridized carbons (Fsp3) is 0.364. The third-order valence-electron chi connectivity index (χ3n) is 7.88. The van der Waals surface area contributed by atoms with Gasteiger partial charge < -0.3 is 25.0 Å². The van der Waals surface area contributed by atoms with E-state index in [1.165, 1.54) is 18.2 Å². The van der Waals surface area contributed by atoms with Gasteiger partial charge in [-0.15, -0.1) is 5.10 Å². The topological polar surface area (TPSA) is 183 Å². The molecule has 2 aromatic carbocycles. The number of aromatic nitrogens is 5. The summed E-state index contributed by atoms with van der Waals surface area (Å²) in [5.74, 6) is -0.715. The minimum Gasteiger partial charge on any atom is -0.493 e. The molecule has 4 aromatic rings. The molecule has 0 fully saturated rings. The summed E-state index contributed by atoms with van der Waals surface area (Å²) in [7, 11) is 1.49. The van der Waals surface area contributed by atoms with Crippen molar-refractivity contribution < 1.29 is 23.9 Å². The molecule has 0 unspecified atom stereocenters. The first-order valence-electron chi connectivity index (χ1n) is 15.6. The van der Waals surface area contributed by atoms with Crippen LogP contribution in [0, 0.1) is 6.92 Å². The molecule has 3 N–H and O–H groups in total. The molecule has 2 aromatic heterocycles. The molecule has 0 aliphatic carbocycles. The van der Waals surface area contributed by atoms with Crippen LogP contribution in [0.2, 0.25) is 0 Å². The highest BCUT2D eigenvalue weighted by atomic mass is 16.5. The molecule has 252 valence electrons. The normalized spacial score (nSPS) is 16.3. The van der Waals surface area contributed by atoms with Crippen molar-refractivity contribution in [2.24, 2.45) is 0 Å². The second-order valence-electron chi connectivity index (χ2n) is 11.3. The number of H-pyrrole nitrogens is 1. The Morgan fingerprint density at radius 1 is 1.02 bits per heavy atom. The quantitative estimate of drug-likeness (QED) is 0.274. The first-order chi connectivity index (χ1) is 23.2. The maximum absolute atomic E-state index is 13.7. The number of hydrogen-bond donors (Lipinski definition) is 3. The van der Waals surface area contributed by atoms with Gasteiger partial charge in [0.1, 0.15) is 12.6 Å². The number of nitrogens with zero attached hydrogens (tertiary/aromatic N) is 5. The number of hydrogen-bond acceptors (Lipinski definition) is 9. The molecular formula is C33H38N8O7. The molecule has 15 nitrogen and oxygen atoms in total. The third-order valence-corrected chi connectivity index (χ3v) is 7.88. The van der Waals surface area contributed by atoms with Gasteiger partial charge in [-0.25, -0.2) is 4.79 Å². The van der Waals surface area contributed by atoms with Crippen LogP contribution in [0.15, 0.2) is 70.5 Å². The third kappa shape index (κ3) is 8.54. The van der Waals surface area contributed by atoms with Gasteiger partial charge in [-0.2, -0.15) is 0 Å². The number of rotatable bonds is 5. The first kappa shape index (κ1) is 33.6. The molecule has 0 spiro atoms. The van der Waals surface area contributed by atoms with Crippen molar-refractivity contribution in [2.75, 3.05) is 33.4 Å². The second-order valence-corrected chi connectivity index (χ2v) is 11.3. The number of benzene rings is 2. The molecule has 5 rings (SSSR count). The average Bonchev–Trinajstić information content (AvgIpc) is 3.54. The van der Waals surface area contributed by atoms with Crippen molar-refractivity contribution in [3.05, 3.63) is 104 Å². The molecule has 3 heterocycles. The van der Waals surface area contributed by atoms with Crippen molar-refractivity contribution in [2.45, 2.75) is 45.3 Å². The van der Waals surface area contributed by atoms with E-state index in [1.807, 2.05) is 30.3 Å². The zero-order valence-corrected chi connectivity index (χ0v) is 26.8. The first-order valence-corrected chi connectivity index (χ1v) is 15.6. The lowest BCUT2D eigenvalue weighted by Gasteiger charge is -2.24. The Morgan fingerprint density at radius 2 is 1.83 bits per heavy atom. The van der Waals surface area contributed by atoms with Crippen molar-refractivity contribution >= 4 is 17.7 Å². The highest BCUT2D eigenvalue weighted by Gasteiger charge is 2.26. The van der Waals surface area contributed by atoms with Crippen LogP contribution in [0.25, 0.3) is 0 Å². The predicted octanol–water partition coefficient (Wildman–Crippen LogP) is 0.456. The monoisotopic (exact) mass is 658 g/mol. The summed E-state index contributed by atoms with van der Waals surface area (Å²) in [6.07, 6.45) is 4.24. The smallest absolute Gasteiger partial charge is 0.328 e. The number of amides is 3. The maximum Gasteiger partial charge on any atom is 0.328 e. The minimum atomic E-state index is -0.956. The van der Waals surface area contributed by atoms with Crippen LogP contribution in [0.3, 0.4) is 0 Å². The molecular weight excluding hydrogens is 620 g/mol. The van der Waals surface area contributed by atoms with Gasteiger partial charge in [0.2, 0.25) is 11.8 Å². The number of para-hydroxylation sites is 1. The zero-order chi connectivity index (χ0) is 34.0. The zero-order valence-electron chi connectivity index (χ0n) is 26.8. The number of ether oxygens (including phenoxy) is 2. The minimum absolute atomic E-state index is 0.0610. The van der Waals surface area contributed by atoms with Gasteiger partial charge in [0.15, 0.2) is 11.5 Å². The van der Waals surface area contributed by atoms with Gasteiger partial charge >= 0.3 is 5.69 Å². The lowest BCUT2D eigenvalue weighted by molar-refractivity contribution is -0.132. The van der Waals surface area contributed by atoms with Crippen LogP contribution >= 0.6 is 0 Å². The fourth-order valence-electron chi connectivity index (χ4n) is 5.29. The van der Waals surface area contributed by atoms with Gasteiger partial charge in [-0.05, 0) is 24.6 Å². The van der Waals surface area contributed by atoms with E-state index in [0.717, 1.165) is 10.1 Å². The van der Waals surface area contributed by atoms with Crippen LogP contribution in [0.5, 0.6) is 11.5 Å². The van der Waals surface area contributed by atoms with E-state index in [-0.39, 0.29) is 50.5 Å². The van der Waals surface area contributed by atoms with Gasteiger partial charge in [-0.3, -0.25) is 33.4 Å². The van der Waals surface area contributed by atoms with Crippen molar-refractivity contribution in [1.82, 2.24) is 40.1 Å². The van der Waals surface area contributed by atoms with Crippen LogP contribution < -0.4 is 31.4 Å². The number of carbonyl (C=O) groups is 3. The van der Waals surface area contributed by atoms with E-state index in [4.69, 9.17) is 9.47 Å². The fourth-order valence-corrected chi connectivity index (χ4v) is 5.29. The molecule has 1 atom stereocenters. The number of fused-ring (bicyclic) bond motifs is 3. The number of nitrogens with one attached hydrogen (secondary N) is 3. The summed E-state index contributed by atoms with van der Waals surface area (Å²) in [6, 6.07) is 13.3. The molecule has 0 radical (unpaired) electrons. The number of carbonyl (C=O) groups excluding carboxylic acids is 3. The van der Waals surface area contributed by atoms with E-state index in [2.05, 4.69) is 25.9 Å². The summed E-state index contributed by atoms with van der Waals surface area (Å²) in [5, 5.41) is 14.1. The van der Waals surface area contributed by atoms with E-state index in [1.54, 1.807) is 36.0 Å². The molecule has 1 aliphatic heterocycles. The van der Waals surface area contributed by atoms with E-state index >= 15 is 0 Å². The predicted molar refractivity (Wildman–Crippen MR) is 174 cm³/mol. The Kier molecular flexibility index (Phi) is 11.0. The van der Waals surface area contributed by atoms with E-state index in [0.29, 0.717) is 36.4 Å². The maximum atomic E-state index is 13.7. The molecule has 2 bridgehead atoms. The highest BCUT2D eigenvalue weighted by Crippen LogP contribution is 2.31. The Balaban J connectivity index is 1.41. The van der Waals surface area contributed by atoms with Crippen molar-refractivity contribution in [1.29, 1.82) is 0 Å². The standard InChI is InChI=1S/C33H38N8O7/c1-22-19-40(33(46)36-30(22)43)21-28(42)39-15-12-24-20-41(38-37-24)14-7-17-48-29-25(10-6-11-27(29)47-2)31(44)35-26(32(45)34-13-16-39)18-23-8-4-3-5-9-23/h3-6,8-11,19-20,26H,7,12-18,21H2,1-2H3,(H,34,45)(H,35,44)(H,36,43,46)/t26-/m0/s1. The number of aromatic amines is 1. The molecule has 3 amide bonds. The van der Waals surface area contributed by atoms with Crippen LogP contribution in [-0.2, 0) is 35.5 Å². The molecule has 0 saturated heterocycles. The highest BCUT2D eigenvalue weighted by molar-refractivity contribution is 6.00. The summed E-state index contributed by atoms with van der Waals surface area (Å²) < 4.78 is 14.3. The van der Waals surface area contributed by atoms with Crippen molar-refractivity contribution in [3.8, 4) is 11.5 Å². The Morgan fingerprint density at radius 3 is 2.62 bits per heavy atom. The number of aryl methyl sites for hydroxylation is 2. The second kappa shape index (κ2) is 15.7. The largest absolute Gasteiger partial charge is 0.493 e. The molecule has 0 saturated carbocycles. The molecule has 15 heteroatoms. The summed E-state index contributed by atoms with van der Waals surface area (Å²) in [4.78, 5) is 68.7. The SMILES string of the molecule is COc1cccc2c1OCCCn1cc(nn1)CCN(C(=O)Cn1cc(C)c(=O)[nH]c1=O)CCNC(=O)[C@H](Cc1ccccc1)NC2=O. The van der Waals surface area contributed by atoms with Gasteiger partial charge in [0.05, 0.1) is 25.0 Å². The van der Waals surface area contributed by atoms with Gasteiger partial charge in [0.25, 0.3) is 11.5 Å². The lowest BCUT2D eigenvalue weighted by atomic mass is 10.0. The van der Waals surface area contributed by atoms with Crippen LogP contribution in [-0.4, -0.2) is 86.6 Å². The Bertz CT molecular complexity index is 1870. The van der Waals surface area contributed by atoms with Crippen molar-refractivity contribution in [3.63, 3.8) is 0 Å². The van der Waals surface area contributed by atoms with Gasteiger partial charge in [-0.1, -0.05) is 41.6 Å². The van der Waals surface area contributed by atoms with Crippen LogP contribution in [0.1, 0.15) is 33.6 Å². The average molecular weight is 659 g/mol. The van der Waals surface area contributed by atoms with E-state index in [9.17, 15) is 24.0 Å². The summed E-state index contributed by atoms with van der Waals surface area (Å²) in [6.45, 7) is 2.36. The molecule has 48 heavy (non-hydrogen) atoms. The summed E-state index contributed by atoms with van der Waals surface area (Å²) in [5.41, 5.74) is 0.774. The Labute approximate surface area is 275 Å². The van der Waals surface area contributed by atoms with Gasteiger partial charge in [0, 0.05) is 63.4 Å². The lowest BCUT2D eigenvalue weighted by Crippen LogP contribution is -2.50. The molecule has 1 aliphatic rings. The number of methoxy groups -OCH3 is 1. The van der Waals surface area contributed by atoms with E-state index < -0.39 is 35.0 Å². The van der Waals surface area contributed by atoms with Crippen LogP contribution in [0.4, 0.5) is 0 Å². The summed E-state index contributed by atoms with van der Waals surface area (Å²) >= 11 is 0. The Hall–Kier alpha value is -5.73.